The highest BCUT2D eigenvalue weighted by molar-refractivity contribution is 7.98. The molecule has 0 saturated carbocycles. The van der Waals surface area contributed by atoms with Crippen LogP contribution in [-0.4, -0.2) is 9.55 Å². The van der Waals surface area contributed by atoms with Gasteiger partial charge in [0.25, 0.3) is 5.56 Å². The Labute approximate surface area is 156 Å². The minimum atomic E-state index is 0.0978. The van der Waals surface area contributed by atoms with Crippen LogP contribution in [0.2, 0.25) is 0 Å². The molecule has 2 aromatic heterocycles. The lowest BCUT2D eigenvalue weighted by Crippen LogP contribution is -2.22. The zero-order valence-electron chi connectivity index (χ0n) is 14.4. The first-order valence-corrected chi connectivity index (χ1v) is 10.4. The molecule has 1 aromatic carbocycles. The average Bonchev–Trinajstić information content (AvgIpc) is 3.11. The number of hydrogen-bond acceptors (Lipinski definition) is 4. The number of nitrogens with zero attached hydrogens (tertiary/aromatic N) is 2. The fourth-order valence-electron chi connectivity index (χ4n) is 2.65. The molecular formula is C20H22N2OS2. The lowest BCUT2D eigenvalue weighted by atomic mass is 10.1. The summed E-state index contributed by atoms with van der Waals surface area (Å²) in [5.74, 6) is 0.799. The van der Waals surface area contributed by atoms with Gasteiger partial charge in [0.2, 0.25) is 0 Å². The zero-order chi connectivity index (χ0) is 17.6. The molecule has 0 amide bonds. The Kier molecular flexibility index (Phi) is 6.10. The highest BCUT2D eigenvalue weighted by atomic mass is 32.2. The van der Waals surface area contributed by atoms with Gasteiger partial charge in [-0.3, -0.25) is 9.36 Å². The van der Waals surface area contributed by atoms with Crippen LogP contribution in [0.15, 0.2) is 52.2 Å². The molecule has 0 bridgehead atoms. The number of benzene rings is 1. The number of fused-ring (bicyclic) bond motifs is 1. The van der Waals surface area contributed by atoms with E-state index >= 15 is 0 Å². The predicted molar refractivity (Wildman–Crippen MR) is 109 cm³/mol. The van der Waals surface area contributed by atoms with Crippen LogP contribution in [0.3, 0.4) is 0 Å². The van der Waals surface area contributed by atoms with Crippen molar-refractivity contribution < 1.29 is 0 Å². The molecule has 0 atom stereocenters. The SMILES string of the molecule is C=Cc1ccc(CSc2nc3ccsc3c(=O)n2CCCCC)cc1. The maximum Gasteiger partial charge on any atom is 0.272 e. The normalized spacial score (nSPS) is 11.1. The van der Waals surface area contributed by atoms with Crippen molar-refractivity contribution in [3.05, 3.63) is 63.8 Å². The van der Waals surface area contributed by atoms with Crippen LogP contribution in [0.1, 0.15) is 37.3 Å². The molecule has 5 heteroatoms. The summed E-state index contributed by atoms with van der Waals surface area (Å²) in [4.78, 5) is 17.6. The van der Waals surface area contributed by atoms with Crippen molar-refractivity contribution in [2.45, 2.75) is 43.6 Å². The molecule has 0 aliphatic heterocycles. The second kappa shape index (κ2) is 8.50. The zero-order valence-corrected chi connectivity index (χ0v) is 16.0. The number of rotatable bonds is 8. The predicted octanol–water partition coefficient (Wildman–Crippen LogP) is 5.58. The van der Waals surface area contributed by atoms with Crippen LogP contribution in [0.5, 0.6) is 0 Å². The summed E-state index contributed by atoms with van der Waals surface area (Å²) in [6.45, 7) is 6.70. The molecule has 25 heavy (non-hydrogen) atoms. The fourth-order valence-corrected chi connectivity index (χ4v) is 4.41. The number of thioether (sulfide) groups is 1. The van der Waals surface area contributed by atoms with Gasteiger partial charge in [0.15, 0.2) is 5.16 Å². The van der Waals surface area contributed by atoms with E-state index in [0.29, 0.717) is 0 Å². The standard InChI is InChI=1S/C20H22N2OS2/c1-3-5-6-12-22-19(23)18-17(11-13-24-18)21-20(22)25-14-16-9-7-15(4-2)8-10-16/h4,7-11,13H,2-3,5-6,12,14H2,1H3. The first-order chi connectivity index (χ1) is 12.2. The molecular weight excluding hydrogens is 348 g/mol. The van der Waals surface area contributed by atoms with Gasteiger partial charge in [0.1, 0.15) is 4.70 Å². The van der Waals surface area contributed by atoms with Crippen molar-refractivity contribution in [3.8, 4) is 0 Å². The van der Waals surface area contributed by atoms with Crippen LogP contribution in [0, 0.1) is 0 Å². The lowest BCUT2D eigenvalue weighted by Gasteiger charge is -2.12. The number of unbranched alkanes of at least 4 members (excludes halogenated alkanes) is 2. The summed E-state index contributed by atoms with van der Waals surface area (Å²) in [6.07, 6.45) is 5.12. The summed E-state index contributed by atoms with van der Waals surface area (Å²) in [5.41, 5.74) is 3.24. The van der Waals surface area contributed by atoms with E-state index in [0.717, 1.165) is 52.5 Å². The largest absolute Gasteiger partial charge is 0.286 e. The third kappa shape index (κ3) is 4.22. The quantitative estimate of drug-likeness (QED) is 0.295. The molecule has 0 N–H and O–H groups in total. The summed E-state index contributed by atoms with van der Waals surface area (Å²) in [5, 5.41) is 2.76. The van der Waals surface area contributed by atoms with Crippen LogP contribution < -0.4 is 5.56 Å². The van der Waals surface area contributed by atoms with Crippen LogP contribution in [0.4, 0.5) is 0 Å². The molecule has 2 heterocycles. The van der Waals surface area contributed by atoms with Crippen molar-refractivity contribution >= 4 is 39.4 Å². The van der Waals surface area contributed by atoms with Gasteiger partial charge >= 0.3 is 0 Å². The van der Waals surface area contributed by atoms with Gasteiger partial charge < -0.3 is 0 Å². The van der Waals surface area contributed by atoms with E-state index < -0.39 is 0 Å². The molecule has 3 aromatic rings. The van der Waals surface area contributed by atoms with E-state index in [9.17, 15) is 4.79 Å². The number of hydrogen-bond donors (Lipinski definition) is 0. The topological polar surface area (TPSA) is 34.9 Å². The number of thiophene rings is 1. The first-order valence-electron chi connectivity index (χ1n) is 8.55. The molecule has 0 unspecified atom stereocenters. The van der Waals surface area contributed by atoms with Crippen molar-refractivity contribution in [3.63, 3.8) is 0 Å². The Morgan fingerprint density at radius 3 is 2.76 bits per heavy atom. The van der Waals surface area contributed by atoms with Crippen LogP contribution in [-0.2, 0) is 12.3 Å². The summed E-state index contributed by atoms with van der Waals surface area (Å²) < 4.78 is 2.62. The molecule has 3 nitrogen and oxygen atoms in total. The van der Waals surface area contributed by atoms with Gasteiger partial charge in [-0.05, 0) is 29.0 Å². The van der Waals surface area contributed by atoms with E-state index in [1.54, 1.807) is 11.8 Å². The van der Waals surface area contributed by atoms with E-state index in [-0.39, 0.29) is 5.56 Å². The van der Waals surface area contributed by atoms with E-state index in [1.165, 1.54) is 16.9 Å². The Morgan fingerprint density at radius 1 is 1.24 bits per heavy atom. The van der Waals surface area contributed by atoms with Crippen LogP contribution in [0.25, 0.3) is 16.3 Å². The maximum atomic E-state index is 12.8. The Hall–Kier alpha value is -1.85. The molecule has 130 valence electrons. The van der Waals surface area contributed by atoms with Crippen molar-refractivity contribution in [2.75, 3.05) is 0 Å². The minimum Gasteiger partial charge on any atom is -0.286 e. The molecule has 0 saturated heterocycles. The van der Waals surface area contributed by atoms with Gasteiger partial charge in [-0.15, -0.1) is 11.3 Å². The van der Waals surface area contributed by atoms with Gasteiger partial charge in [-0.25, -0.2) is 4.98 Å². The van der Waals surface area contributed by atoms with Gasteiger partial charge in [-0.2, -0.15) is 0 Å². The van der Waals surface area contributed by atoms with E-state index in [4.69, 9.17) is 4.98 Å². The van der Waals surface area contributed by atoms with E-state index in [1.807, 2.05) is 22.1 Å². The second-order valence-electron chi connectivity index (χ2n) is 5.93. The number of aromatic nitrogens is 2. The minimum absolute atomic E-state index is 0.0978. The molecule has 0 aliphatic rings. The van der Waals surface area contributed by atoms with Gasteiger partial charge in [0.05, 0.1) is 5.52 Å². The van der Waals surface area contributed by atoms with E-state index in [2.05, 4.69) is 37.8 Å². The Bertz CT molecular complexity index is 910. The lowest BCUT2D eigenvalue weighted by molar-refractivity contribution is 0.542. The summed E-state index contributed by atoms with van der Waals surface area (Å²) >= 11 is 3.11. The second-order valence-corrected chi connectivity index (χ2v) is 7.79. The molecule has 0 spiro atoms. The highest BCUT2D eigenvalue weighted by Crippen LogP contribution is 2.24. The van der Waals surface area contributed by atoms with Crippen LogP contribution >= 0.6 is 23.1 Å². The smallest absolute Gasteiger partial charge is 0.272 e. The molecule has 0 radical (unpaired) electrons. The Morgan fingerprint density at radius 2 is 2.04 bits per heavy atom. The molecule has 0 fully saturated rings. The van der Waals surface area contributed by atoms with Crippen molar-refractivity contribution in [2.24, 2.45) is 0 Å². The average molecular weight is 371 g/mol. The van der Waals surface area contributed by atoms with Gasteiger partial charge in [0, 0.05) is 12.3 Å². The van der Waals surface area contributed by atoms with Gasteiger partial charge in [-0.1, -0.05) is 68.4 Å². The molecule has 0 aliphatic carbocycles. The third-order valence-corrected chi connectivity index (χ3v) is 6.04. The van der Waals surface area contributed by atoms with Crippen molar-refractivity contribution in [1.29, 1.82) is 0 Å². The summed E-state index contributed by atoms with van der Waals surface area (Å²) in [7, 11) is 0. The third-order valence-electron chi connectivity index (χ3n) is 4.10. The highest BCUT2D eigenvalue weighted by Gasteiger charge is 2.12. The summed E-state index contributed by atoms with van der Waals surface area (Å²) in [6, 6.07) is 10.3. The Balaban J connectivity index is 1.85. The monoisotopic (exact) mass is 370 g/mol. The first kappa shape index (κ1) is 18.0. The fraction of sp³-hybridized carbons (Fsp3) is 0.300. The maximum absolute atomic E-state index is 12.8. The van der Waals surface area contributed by atoms with Crippen molar-refractivity contribution in [1.82, 2.24) is 9.55 Å². The molecule has 3 rings (SSSR count).